The van der Waals surface area contributed by atoms with E-state index in [-0.39, 0.29) is 17.8 Å². The third-order valence-corrected chi connectivity index (χ3v) is 5.68. The van der Waals surface area contributed by atoms with Crippen LogP contribution in [0.25, 0.3) is 16.6 Å². The first-order chi connectivity index (χ1) is 17.2. The van der Waals surface area contributed by atoms with Crippen LogP contribution in [0.4, 0.5) is 17.2 Å². The number of aryl methyl sites for hydroxylation is 1. The summed E-state index contributed by atoms with van der Waals surface area (Å²) in [6, 6.07) is 32.5. The number of fused-ring (bicyclic) bond motifs is 1. The molecule has 0 saturated carbocycles. The van der Waals surface area contributed by atoms with Gasteiger partial charge in [0.25, 0.3) is 0 Å². The molecule has 2 heterocycles. The van der Waals surface area contributed by atoms with Crippen molar-refractivity contribution in [3.05, 3.63) is 125 Å². The molecule has 0 bridgehead atoms. The maximum Gasteiger partial charge on any atom is 0.224 e. The fourth-order valence-electron chi connectivity index (χ4n) is 4.00. The van der Waals surface area contributed by atoms with E-state index in [2.05, 4.69) is 15.6 Å². The molecule has 2 N–H and O–H groups in total. The van der Waals surface area contributed by atoms with Crippen LogP contribution >= 0.6 is 0 Å². The Morgan fingerprint density at radius 3 is 2.11 bits per heavy atom. The van der Waals surface area contributed by atoms with E-state index in [1.165, 1.54) is 0 Å². The average molecular weight is 461 g/mol. The van der Waals surface area contributed by atoms with Crippen molar-refractivity contribution in [3.63, 3.8) is 0 Å². The number of para-hydroxylation sites is 3. The van der Waals surface area contributed by atoms with Gasteiger partial charge in [-0.05, 0) is 48.9 Å². The van der Waals surface area contributed by atoms with Gasteiger partial charge in [0.05, 0.1) is 10.9 Å². The van der Waals surface area contributed by atoms with Gasteiger partial charge in [0.2, 0.25) is 5.91 Å². The van der Waals surface area contributed by atoms with Gasteiger partial charge >= 0.3 is 0 Å². The standard InChI is InChI=1S/C29H24N4O2/c34-27-19-28(31-21-10-4-1-5-11-21)33(24-14-8-3-9-15-24)26-18-23(30-20-25(26)27)16-17-29(35)32-22-12-6-2-7-13-22/h1-15,18-20,31H,16-17H2,(H,32,35). The second-order valence-electron chi connectivity index (χ2n) is 8.16. The van der Waals surface area contributed by atoms with Crippen molar-refractivity contribution in [1.29, 1.82) is 0 Å². The number of hydrogen-bond acceptors (Lipinski definition) is 4. The van der Waals surface area contributed by atoms with Crippen LogP contribution in [0, 0.1) is 0 Å². The van der Waals surface area contributed by atoms with Crippen molar-refractivity contribution in [2.24, 2.45) is 0 Å². The fourth-order valence-corrected chi connectivity index (χ4v) is 4.00. The number of rotatable bonds is 7. The van der Waals surface area contributed by atoms with Crippen LogP contribution in [-0.2, 0) is 11.2 Å². The van der Waals surface area contributed by atoms with Gasteiger partial charge in [-0.3, -0.25) is 19.1 Å². The topological polar surface area (TPSA) is 76.0 Å². The molecule has 172 valence electrons. The van der Waals surface area contributed by atoms with E-state index in [4.69, 9.17) is 0 Å². The minimum Gasteiger partial charge on any atom is -0.341 e. The molecule has 3 aromatic carbocycles. The van der Waals surface area contributed by atoms with Crippen molar-refractivity contribution in [3.8, 4) is 5.69 Å². The molecule has 6 nitrogen and oxygen atoms in total. The summed E-state index contributed by atoms with van der Waals surface area (Å²) in [6.07, 6.45) is 2.34. The number of carbonyl (C=O) groups excluding carboxylic acids is 1. The van der Waals surface area contributed by atoms with Gasteiger partial charge in [-0.2, -0.15) is 0 Å². The molecule has 0 aliphatic carbocycles. The van der Waals surface area contributed by atoms with Crippen LogP contribution in [0.5, 0.6) is 0 Å². The lowest BCUT2D eigenvalue weighted by Gasteiger charge is -2.19. The lowest BCUT2D eigenvalue weighted by molar-refractivity contribution is -0.116. The molecule has 5 rings (SSSR count). The van der Waals surface area contributed by atoms with Gasteiger partial charge in [0.1, 0.15) is 5.82 Å². The highest BCUT2D eigenvalue weighted by atomic mass is 16.1. The smallest absolute Gasteiger partial charge is 0.224 e. The van der Waals surface area contributed by atoms with Gasteiger partial charge < -0.3 is 10.6 Å². The fraction of sp³-hybridized carbons (Fsp3) is 0.0690. The highest BCUT2D eigenvalue weighted by molar-refractivity contribution is 5.91. The summed E-state index contributed by atoms with van der Waals surface area (Å²) in [5, 5.41) is 6.80. The Balaban J connectivity index is 1.51. The minimum absolute atomic E-state index is 0.0851. The number of hydrogen-bond donors (Lipinski definition) is 2. The molecular weight excluding hydrogens is 436 g/mol. The van der Waals surface area contributed by atoms with Crippen molar-refractivity contribution in [2.45, 2.75) is 12.8 Å². The van der Waals surface area contributed by atoms with Crippen molar-refractivity contribution < 1.29 is 4.79 Å². The molecule has 0 radical (unpaired) electrons. The molecule has 0 aliphatic heterocycles. The number of anilines is 3. The number of benzene rings is 3. The number of aromatic nitrogens is 2. The molecule has 2 aromatic heterocycles. The van der Waals surface area contributed by atoms with E-state index in [0.717, 1.165) is 28.3 Å². The van der Waals surface area contributed by atoms with E-state index in [0.29, 0.717) is 17.6 Å². The maximum atomic E-state index is 13.0. The van der Waals surface area contributed by atoms with E-state index >= 15 is 0 Å². The first-order valence-electron chi connectivity index (χ1n) is 11.4. The number of nitrogens with one attached hydrogen (secondary N) is 2. The SMILES string of the molecule is O=C(CCc1cc2c(cn1)c(=O)cc(Nc1ccccc1)n2-c1ccccc1)Nc1ccccc1. The second kappa shape index (κ2) is 10.1. The highest BCUT2D eigenvalue weighted by Gasteiger charge is 2.13. The average Bonchev–Trinajstić information content (AvgIpc) is 2.89. The summed E-state index contributed by atoms with van der Waals surface area (Å²) in [5.74, 6) is 0.567. The van der Waals surface area contributed by atoms with Gasteiger partial charge in [-0.15, -0.1) is 0 Å². The highest BCUT2D eigenvalue weighted by Crippen LogP contribution is 2.25. The molecule has 35 heavy (non-hydrogen) atoms. The number of carbonyl (C=O) groups is 1. The van der Waals surface area contributed by atoms with E-state index in [9.17, 15) is 9.59 Å². The van der Waals surface area contributed by atoms with Crippen LogP contribution in [-0.4, -0.2) is 15.5 Å². The number of pyridine rings is 2. The second-order valence-corrected chi connectivity index (χ2v) is 8.16. The molecule has 1 amide bonds. The maximum absolute atomic E-state index is 13.0. The first-order valence-corrected chi connectivity index (χ1v) is 11.4. The predicted octanol–water partition coefficient (Wildman–Crippen LogP) is 5.70. The van der Waals surface area contributed by atoms with Crippen LogP contribution in [0.3, 0.4) is 0 Å². The van der Waals surface area contributed by atoms with Crippen molar-refractivity contribution in [1.82, 2.24) is 9.55 Å². The zero-order valence-corrected chi connectivity index (χ0v) is 19.0. The van der Waals surface area contributed by atoms with Crippen LogP contribution < -0.4 is 16.1 Å². The third kappa shape index (κ3) is 5.12. The van der Waals surface area contributed by atoms with Gasteiger partial charge in [-0.1, -0.05) is 54.6 Å². The molecule has 0 unspecified atom stereocenters. The van der Waals surface area contributed by atoms with E-state index in [1.807, 2.05) is 102 Å². The van der Waals surface area contributed by atoms with Gasteiger partial charge in [0, 0.05) is 41.4 Å². The largest absolute Gasteiger partial charge is 0.341 e. The Morgan fingerprint density at radius 1 is 0.800 bits per heavy atom. The number of amides is 1. The third-order valence-electron chi connectivity index (χ3n) is 5.68. The Kier molecular flexibility index (Phi) is 6.35. The minimum atomic E-state index is -0.119. The summed E-state index contributed by atoms with van der Waals surface area (Å²) in [5.41, 5.74) is 3.90. The Labute approximate surface area is 202 Å². The molecule has 0 atom stereocenters. The lowest BCUT2D eigenvalue weighted by atomic mass is 10.1. The first kappa shape index (κ1) is 22.1. The van der Waals surface area contributed by atoms with Gasteiger partial charge in [0.15, 0.2) is 5.43 Å². The van der Waals surface area contributed by atoms with E-state index < -0.39 is 0 Å². The van der Waals surface area contributed by atoms with Crippen molar-refractivity contribution in [2.75, 3.05) is 10.6 Å². The molecule has 0 saturated heterocycles. The zero-order chi connectivity index (χ0) is 24.0. The van der Waals surface area contributed by atoms with Crippen LogP contribution in [0.15, 0.2) is 114 Å². The predicted molar refractivity (Wildman–Crippen MR) is 140 cm³/mol. The van der Waals surface area contributed by atoms with Gasteiger partial charge in [-0.25, -0.2) is 0 Å². The normalized spacial score (nSPS) is 10.7. The summed E-state index contributed by atoms with van der Waals surface area (Å²) in [6.45, 7) is 0. The van der Waals surface area contributed by atoms with Crippen LogP contribution in [0.1, 0.15) is 12.1 Å². The molecule has 0 fully saturated rings. The summed E-state index contributed by atoms with van der Waals surface area (Å²) >= 11 is 0. The Bertz CT molecular complexity index is 1520. The molecule has 6 heteroatoms. The Morgan fingerprint density at radius 2 is 1.43 bits per heavy atom. The summed E-state index contributed by atoms with van der Waals surface area (Å²) in [4.78, 5) is 29.9. The Hall–Kier alpha value is -4.71. The molecule has 5 aromatic rings. The van der Waals surface area contributed by atoms with Crippen molar-refractivity contribution >= 4 is 34.0 Å². The number of nitrogens with zero attached hydrogens (tertiary/aromatic N) is 2. The van der Waals surface area contributed by atoms with Crippen LogP contribution in [0.2, 0.25) is 0 Å². The quantitative estimate of drug-likeness (QED) is 0.327. The summed E-state index contributed by atoms with van der Waals surface area (Å²) in [7, 11) is 0. The zero-order valence-electron chi connectivity index (χ0n) is 19.0. The molecule has 0 spiro atoms. The van der Waals surface area contributed by atoms with E-state index in [1.54, 1.807) is 12.3 Å². The summed E-state index contributed by atoms with van der Waals surface area (Å²) < 4.78 is 2.01. The monoisotopic (exact) mass is 460 g/mol. The molecular formula is C29H24N4O2. The molecule has 0 aliphatic rings. The lowest BCUT2D eigenvalue weighted by Crippen LogP contribution is -2.14.